The van der Waals surface area contributed by atoms with Crippen LogP contribution in [0.4, 0.5) is 0 Å². The third-order valence-corrected chi connectivity index (χ3v) is 3.26. The quantitative estimate of drug-likeness (QED) is 0.637. The molecule has 3 atom stereocenters. The van der Waals surface area contributed by atoms with E-state index in [1.54, 1.807) is 20.9 Å². The zero-order chi connectivity index (χ0) is 15.8. The van der Waals surface area contributed by atoms with Gasteiger partial charge in [0.2, 0.25) is 11.8 Å². The molecule has 2 amide bonds. The van der Waals surface area contributed by atoms with Crippen LogP contribution in [-0.4, -0.2) is 37.0 Å². The van der Waals surface area contributed by atoms with E-state index in [0.717, 1.165) is 5.56 Å². The van der Waals surface area contributed by atoms with Gasteiger partial charge in [-0.1, -0.05) is 30.3 Å². The van der Waals surface area contributed by atoms with Crippen molar-refractivity contribution in [3.05, 3.63) is 35.9 Å². The van der Waals surface area contributed by atoms with Crippen LogP contribution >= 0.6 is 0 Å². The topological polar surface area (TPSA) is 93.5 Å². The Hall–Kier alpha value is -1.92. The summed E-state index contributed by atoms with van der Waals surface area (Å²) in [4.78, 5) is 23.3. The summed E-state index contributed by atoms with van der Waals surface area (Å²) in [5.74, 6) is -0.913. The first kappa shape index (κ1) is 17.1. The number of nitrogens with one attached hydrogen (secondary N) is 2. The average molecular weight is 293 g/mol. The van der Waals surface area contributed by atoms with E-state index >= 15 is 0 Å². The standard InChI is InChI=1S/C15H23N3O3/c1-10(17-3)15(20)18-13(14(16)19)11(2)21-9-12-7-5-4-6-8-12/h4-8,10-11,13,17H,9H2,1-3H3,(H2,16,19)(H,18,20). The minimum absolute atomic E-state index is 0.295. The van der Waals surface area contributed by atoms with Gasteiger partial charge in [0.25, 0.3) is 0 Å². The lowest BCUT2D eigenvalue weighted by Gasteiger charge is -2.24. The van der Waals surface area contributed by atoms with Gasteiger partial charge in [-0.25, -0.2) is 0 Å². The Morgan fingerprint density at radius 3 is 2.38 bits per heavy atom. The van der Waals surface area contributed by atoms with Crippen LogP contribution in [0.3, 0.4) is 0 Å². The Labute approximate surface area is 125 Å². The highest BCUT2D eigenvalue weighted by atomic mass is 16.5. The molecule has 0 fully saturated rings. The van der Waals surface area contributed by atoms with Crippen LogP contribution in [0.5, 0.6) is 0 Å². The smallest absolute Gasteiger partial charge is 0.242 e. The molecule has 0 bridgehead atoms. The zero-order valence-corrected chi connectivity index (χ0v) is 12.6. The summed E-state index contributed by atoms with van der Waals surface area (Å²) in [6.07, 6.45) is -0.518. The molecule has 0 spiro atoms. The third-order valence-electron chi connectivity index (χ3n) is 3.26. The number of benzene rings is 1. The summed E-state index contributed by atoms with van der Waals surface area (Å²) in [7, 11) is 1.67. The van der Waals surface area contributed by atoms with Crippen LogP contribution in [0.15, 0.2) is 30.3 Å². The molecular weight excluding hydrogens is 270 g/mol. The molecule has 21 heavy (non-hydrogen) atoms. The number of carbonyl (C=O) groups excluding carboxylic acids is 2. The lowest BCUT2D eigenvalue weighted by atomic mass is 10.1. The van der Waals surface area contributed by atoms with Gasteiger partial charge in [-0.3, -0.25) is 9.59 Å². The summed E-state index contributed by atoms with van der Waals surface area (Å²) in [6.45, 7) is 3.76. The highest BCUT2D eigenvalue weighted by Crippen LogP contribution is 2.06. The van der Waals surface area contributed by atoms with Gasteiger partial charge in [-0.2, -0.15) is 0 Å². The summed E-state index contributed by atoms with van der Waals surface area (Å²) >= 11 is 0. The second kappa shape index (κ2) is 8.39. The summed E-state index contributed by atoms with van der Waals surface area (Å²) in [5.41, 5.74) is 6.33. The van der Waals surface area contributed by atoms with E-state index in [-0.39, 0.29) is 5.91 Å². The van der Waals surface area contributed by atoms with Crippen LogP contribution in [0.25, 0.3) is 0 Å². The second-order valence-electron chi connectivity index (χ2n) is 4.90. The summed E-state index contributed by atoms with van der Waals surface area (Å²) in [5, 5.41) is 5.40. The fourth-order valence-electron chi connectivity index (χ4n) is 1.73. The lowest BCUT2D eigenvalue weighted by molar-refractivity contribution is -0.132. The van der Waals surface area contributed by atoms with E-state index in [2.05, 4.69) is 10.6 Å². The number of carbonyl (C=O) groups is 2. The van der Waals surface area contributed by atoms with Gasteiger partial charge in [0.1, 0.15) is 6.04 Å². The molecular formula is C15H23N3O3. The van der Waals surface area contributed by atoms with Crippen molar-refractivity contribution in [1.29, 1.82) is 0 Å². The van der Waals surface area contributed by atoms with Crippen LogP contribution in [-0.2, 0) is 20.9 Å². The van der Waals surface area contributed by atoms with Gasteiger partial charge in [0, 0.05) is 0 Å². The number of amides is 2. The maximum Gasteiger partial charge on any atom is 0.242 e. The van der Waals surface area contributed by atoms with E-state index in [0.29, 0.717) is 6.61 Å². The van der Waals surface area contributed by atoms with Gasteiger partial charge >= 0.3 is 0 Å². The third kappa shape index (κ3) is 5.53. The fraction of sp³-hybridized carbons (Fsp3) is 0.467. The summed E-state index contributed by atoms with van der Waals surface area (Å²) < 4.78 is 5.63. The van der Waals surface area contributed by atoms with Crippen molar-refractivity contribution in [3.8, 4) is 0 Å². The summed E-state index contributed by atoms with van der Waals surface area (Å²) in [6, 6.07) is 8.31. The van der Waals surface area contributed by atoms with Crippen molar-refractivity contribution in [2.24, 2.45) is 5.73 Å². The molecule has 0 aromatic heterocycles. The lowest BCUT2D eigenvalue weighted by Crippen LogP contribution is -2.55. The molecule has 0 heterocycles. The highest BCUT2D eigenvalue weighted by Gasteiger charge is 2.27. The van der Waals surface area contributed by atoms with Crippen LogP contribution < -0.4 is 16.4 Å². The number of ether oxygens (including phenoxy) is 1. The molecule has 6 heteroatoms. The highest BCUT2D eigenvalue weighted by molar-refractivity contribution is 5.89. The van der Waals surface area contributed by atoms with Crippen molar-refractivity contribution in [2.45, 2.75) is 38.6 Å². The first-order valence-corrected chi connectivity index (χ1v) is 6.88. The Morgan fingerprint density at radius 2 is 1.86 bits per heavy atom. The Bertz CT molecular complexity index is 464. The van der Waals surface area contributed by atoms with Crippen molar-refractivity contribution >= 4 is 11.8 Å². The van der Waals surface area contributed by atoms with E-state index < -0.39 is 24.1 Å². The Morgan fingerprint density at radius 1 is 1.24 bits per heavy atom. The van der Waals surface area contributed by atoms with E-state index in [1.165, 1.54) is 0 Å². The molecule has 1 rings (SSSR count). The number of hydrogen-bond donors (Lipinski definition) is 3. The van der Waals surface area contributed by atoms with Gasteiger partial charge in [0.15, 0.2) is 0 Å². The maximum atomic E-state index is 11.8. The van der Waals surface area contributed by atoms with Gasteiger partial charge < -0.3 is 21.1 Å². The molecule has 0 radical (unpaired) electrons. The van der Waals surface area contributed by atoms with E-state index in [9.17, 15) is 9.59 Å². The predicted octanol–water partition coefficient (Wildman–Crippen LogP) is 0.170. The van der Waals surface area contributed by atoms with Crippen LogP contribution in [0.1, 0.15) is 19.4 Å². The van der Waals surface area contributed by atoms with Crippen molar-refractivity contribution < 1.29 is 14.3 Å². The number of primary amides is 1. The molecule has 1 aromatic carbocycles. The van der Waals surface area contributed by atoms with Crippen molar-refractivity contribution in [1.82, 2.24) is 10.6 Å². The van der Waals surface area contributed by atoms with Gasteiger partial charge in [0.05, 0.1) is 18.8 Å². The largest absolute Gasteiger partial charge is 0.371 e. The molecule has 4 N–H and O–H groups in total. The predicted molar refractivity (Wildman–Crippen MR) is 80.3 cm³/mol. The Kier molecular flexibility index (Phi) is 6.84. The van der Waals surface area contributed by atoms with Crippen molar-refractivity contribution in [3.63, 3.8) is 0 Å². The fourth-order valence-corrected chi connectivity index (χ4v) is 1.73. The van der Waals surface area contributed by atoms with Gasteiger partial charge in [-0.15, -0.1) is 0 Å². The Balaban J connectivity index is 2.59. The van der Waals surface area contributed by atoms with Crippen LogP contribution in [0.2, 0.25) is 0 Å². The van der Waals surface area contributed by atoms with Crippen LogP contribution in [0, 0.1) is 0 Å². The molecule has 0 saturated carbocycles. The monoisotopic (exact) mass is 293 g/mol. The molecule has 3 unspecified atom stereocenters. The van der Waals surface area contributed by atoms with E-state index in [1.807, 2.05) is 30.3 Å². The molecule has 0 saturated heterocycles. The average Bonchev–Trinajstić information content (AvgIpc) is 2.49. The number of nitrogens with two attached hydrogens (primary N) is 1. The number of rotatable bonds is 8. The SMILES string of the molecule is CNC(C)C(=O)NC(C(N)=O)C(C)OCc1ccccc1. The zero-order valence-electron chi connectivity index (χ0n) is 12.6. The van der Waals surface area contributed by atoms with E-state index in [4.69, 9.17) is 10.5 Å². The molecule has 0 aliphatic rings. The maximum absolute atomic E-state index is 11.8. The molecule has 6 nitrogen and oxygen atoms in total. The minimum Gasteiger partial charge on any atom is -0.371 e. The number of likely N-dealkylation sites (N-methyl/N-ethyl adjacent to an activating group) is 1. The van der Waals surface area contributed by atoms with Gasteiger partial charge in [-0.05, 0) is 26.5 Å². The molecule has 0 aliphatic carbocycles. The molecule has 116 valence electrons. The minimum atomic E-state index is -0.864. The first-order chi connectivity index (χ1) is 9.95. The molecule has 1 aromatic rings. The molecule has 0 aliphatic heterocycles. The first-order valence-electron chi connectivity index (χ1n) is 6.88. The van der Waals surface area contributed by atoms with Crippen molar-refractivity contribution in [2.75, 3.05) is 7.05 Å². The number of hydrogen-bond acceptors (Lipinski definition) is 4. The normalized spacial score (nSPS) is 15.0. The second-order valence-corrected chi connectivity index (χ2v) is 4.90.